The summed E-state index contributed by atoms with van der Waals surface area (Å²) < 4.78 is 0. The third-order valence-corrected chi connectivity index (χ3v) is 4.18. The number of carbonyl (C=O) groups is 1. The molecule has 0 bridgehead atoms. The van der Waals surface area contributed by atoms with Crippen LogP contribution in [0.3, 0.4) is 0 Å². The minimum Gasteiger partial charge on any atom is -0.369 e. The van der Waals surface area contributed by atoms with Crippen molar-refractivity contribution in [1.82, 2.24) is 5.32 Å². The number of amides is 1. The number of carbonyl (C=O) groups excluding carboxylic acids is 1. The molecule has 1 amide bonds. The summed E-state index contributed by atoms with van der Waals surface area (Å²) in [6.07, 6.45) is 0.642. The average Bonchev–Trinajstić information content (AvgIpc) is 2.56. The Bertz CT molecular complexity index is 569. The van der Waals surface area contributed by atoms with Crippen LogP contribution in [0.2, 0.25) is 0 Å². The highest BCUT2D eigenvalue weighted by atomic mass is 16.1. The van der Waals surface area contributed by atoms with E-state index in [9.17, 15) is 4.79 Å². The molecular formula is C20H26N2O. The molecule has 2 aromatic carbocycles. The standard InChI is InChI=1S/C20H26N2O/c1-16(2)15-22-14-13-20(19(21)23,17-9-5-3-6-10-17)18-11-7-4-8-12-18/h3-12,16,22H,13-15H2,1-2H3,(H2,21,23). The van der Waals surface area contributed by atoms with Gasteiger partial charge in [-0.05, 0) is 36.6 Å². The Balaban J connectivity index is 2.38. The maximum absolute atomic E-state index is 12.5. The van der Waals surface area contributed by atoms with Gasteiger partial charge in [-0.15, -0.1) is 0 Å². The molecule has 0 saturated heterocycles. The van der Waals surface area contributed by atoms with Gasteiger partial charge in [0.05, 0.1) is 5.41 Å². The molecule has 23 heavy (non-hydrogen) atoms. The summed E-state index contributed by atoms with van der Waals surface area (Å²) in [5.74, 6) is 0.271. The first-order chi connectivity index (χ1) is 11.1. The van der Waals surface area contributed by atoms with E-state index in [1.165, 1.54) is 0 Å². The van der Waals surface area contributed by atoms with Gasteiger partial charge < -0.3 is 11.1 Å². The summed E-state index contributed by atoms with van der Waals surface area (Å²) in [6, 6.07) is 19.7. The van der Waals surface area contributed by atoms with Gasteiger partial charge in [0.25, 0.3) is 0 Å². The van der Waals surface area contributed by atoms with E-state index in [-0.39, 0.29) is 5.91 Å². The maximum atomic E-state index is 12.5. The smallest absolute Gasteiger partial charge is 0.232 e. The molecule has 3 heteroatoms. The SMILES string of the molecule is CC(C)CNCCC(C(N)=O)(c1ccccc1)c1ccccc1. The minimum absolute atomic E-state index is 0.304. The van der Waals surface area contributed by atoms with Crippen molar-refractivity contribution in [2.45, 2.75) is 25.7 Å². The van der Waals surface area contributed by atoms with Crippen molar-refractivity contribution in [2.24, 2.45) is 11.7 Å². The van der Waals surface area contributed by atoms with Gasteiger partial charge in [0, 0.05) is 0 Å². The lowest BCUT2D eigenvalue weighted by molar-refractivity contribution is -0.122. The number of nitrogens with one attached hydrogen (secondary N) is 1. The van der Waals surface area contributed by atoms with Gasteiger partial charge in [-0.25, -0.2) is 0 Å². The van der Waals surface area contributed by atoms with Gasteiger partial charge >= 0.3 is 0 Å². The minimum atomic E-state index is -0.799. The van der Waals surface area contributed by atoms with Crippen LogP contribution in [0.5, 0.6) is 0 Å². The highest BCUT2D eigenvalue weighted by Gasteiger charge is 2.39. The van der Waals surface area contributed by atoms with Crippen LogP contribution in [0.1, 0.15) is 31.4 Å². The molecule has 0 radical (unpaired) electrons. The van der Waals surface area contributed by atoms with E-state index in [2.05, 4.69) is 19.2 Å². The lowest BCUT2D eigenvalue weighted by Crippen LogP contribution is -2.44. The Morgan fingerprint density at radius 2 is 1.48 bits per heavy atom. The fraction of sp³-hybridized carbons (Fsp3) is 0.350. The van der Waals surface area contributed by atoms with E-state index in [0.29, 0.717) is 12.3 Å². The topological polar surface area (TPSA) is 55.1 Å². The number of rotatable bonds is 8. The first-order valence-electron chi connectivity index (χ1n) is 8.19. The molecule has 3 nitrogen and oxygen atoms in total. The predicted molar refractivity (Wildman–Crippen MR) is 95.2 cm³/mol. The molecule has 0 fully saturated rings. The van der Waals surface area contributed by atoms with Gasteiger partial charge in [0.1, 0.15) is 0 Å². The molecule has 0 unspecified atom stereocenters. The van der Waals surface area contributed by atoms with Gasteiger partial charge in [-0.2, -0.15) is 0 Å². The van der Waals surface area contributed by atoms with Gasteiger partial charge in [-0.1, -0.05) is 74.5 Å². The fourth-order valence-corrected chi connectivity index (χ4v) is 2.98. The molecule has 0 atom stereocenters. The second-order valence-corrected chi connectivity index (χ2v) is 6.35. The molecule has 0 aromatic heterocycles. The van der Waals surface area contributed by atoms with Crippen molar-refractivity contribution in [3.05, 3.63) is 71.8 Å². The molecule has 2 aromatic rings. The number of hydrogen-bond acceptors (Lipinski definition) is 2. The number of primary amides is 1. The van der Waals surface area contributed by atoms with E-state index in [0.717, 1.165) is 24.2 Å². The Labute approximate surface area is 138 Å². The highest BCUT2D eigenvalue weighted by molar-refractivity contribution is 5.90. The number of hydrogen-bond donors (Lipinski definition) is 2. The van der Waals surface area contributed by atoms with E-state index < -0.39 is 5.41 Å². The zero-order valence-electron chi connectivity index (χ0n) is 14.0. The third-order valence-electron chi connectivity index (χ3n) is 4.18. The summed E-state index contributed by atoms with van der Waals surface area (Å²) in [7, 11) is 0. The monoisotopic (exact) mass is 310 g/mol. The van der Waals surface area contributed by atoms with Crippen molar-refractivity contribution in [2.75, 3.05) is 13.1 Å². The van der Waals surface area contributed by atoms with Crippen molar-refractivity contribution < 1.29 is 4.79 Å². The molecule has 0 spiro atoms. The van der Waals surface area contributed by atoms with Gasteiger partial charge in [-0.3, -0.25) is 4.79 Å². The van der Waals surface area contributed by atoms with E-state index in [4.69, 9.17) is 5.73 Å². The van der Waals surface area contributed by atoms with Crippen LogP contribution in [0.15, 0.2) is 60.7 Å². The quantitative estimate of drug-likeness (QED) is 0.736. The predicted octanol–water partition coefficient (Wildman–Crippen LogP) is 3.09. The van der Waals surface area contributed by atoms with Crippen LogP contribution >= 0.6 is 0 Å². The van der Waals surface area contributed by atoms with Crippen LogP contribution in [0.4, 0.5) is 0 Å². The Morgan fingerprint density at radius 1 is 1.00 bits per heavy atom. The van der Waals surface area contributed by atoms with E-state index >= 15 is 0 Å². The zero-order chi connectivity index (χ0) is 16.7. The normalized spacial score (nSPS) is 11.6. The van der Waals surface area contributed by atoms with Crippen LogP contribution in [-0.2, 0) is 10.2 Å². The van der Waals surface area contributed by atoms with Crippen LogP contribution in [0.25, 0.3) is 0 Å². The molecule has 122 valence electrons. The second kappa shape index (κ2) is 7.93. The lowest BCUT2D eigenvalue weighted by Gasteiger charge is -2.32. The third kappa shape index (κ3) is 3.99. The van der Waals surface area contributed by atoms with Gasteiger partial charge in [0.2, 0.25) is 5.91 Å². The van der Waals surface area contributed by atoms with Crippen molar-refractivity contribution in [3.63, 3.8) is 0 Å². The number of nitrogens with two attached hydrogens (primary N) is 1. The number of benzene rings is 2. The fourth-order valence-electron chi connectivity index (χ4n) is 2.98. The van der Waals surface area contributed by atoms with Crippen molar-refractivity contribution >= 4 is 5.91 Å². The summed E-state index contributed by atoms with van der Waals surface area (Å²) >= 11 is 0. The van der Waals surface area contributed by atoms with E-state index in [1.54, 1.807) is 0 Å². The van der Waals surface area contributed by atoms with Crippen LogP contribution < -0.4 is 11.1 Å². The molecule has 0 aliphatic heterocycles. The lowest BCUT2D eigenvalue weighted by atomic mass is 9.71. The molecular weight excluding hydrogens is 284 g/mol. The molecule has 0 aliphatic rings. The molecule has 0 heterocycles. The molecule has 0 aliphatic carbocycles. The zero-order valence-corrected chi connectivity index (χ0v) is 14.0. The Kier molecular flexibility index (Phi) is 5.94. The summed E-state index contributed by atoms with van der Waals surface area (Å²) in [5.41, 5.74) is 7.01. The molecule has 0 saturated carbocycles. The largest absolute Gasteiger partial charge is 0.369 e. The van der Waals surface area contributed by atoms with E-state index in [1.807, 2.05) is 60.7 Å². The first-order valence-corrected chi connectivity index (χ1v) is 8.19. The maximum Gasteiger partial charge on any atom is 0.232 e. The summed E-state index contributed by atoms with van der Waals surface area (Å²) in [4.78, 5) is 12.5. The van der Waals surface area contributed by atoms with Crippen LogP contribution in [0, 0.1) is 5.92 Å². The molecule has 2 rings (SSSR count). The Hall–Kier alpha value is -2.13. The van der Waals surface area contributed by atoms with Gasteiger partial charge in [0.15, 0.2) is 0 Å². The summed E-state index contributed by atoms with van der Waals surface area (Å²) in [6.45, 7) is 6.01. The van der Waals surface area contributed by atoms with Crippen LogP contribution in [-0.4, -0.2) is 19.0 Å². The van der Waals surface area contributed by atoms with Crippen molar-refractivity contribution in [3.8, 4) is 0 Å². The van der Waals surface area contributed by atoms with Crippen molar-refractivity contribution in [1.29, 1.82) is 0 Å². The molecule has 3 N–H and O–H groups in total. The summed E-state index contributed by atoms with van der Waals surface area (Å²) in [5, 5.41) is 3.43. The first kappa shape index (κ1) is 17.2. The highest BCUT2D eigenvalue weighted by Crippen LogP contribution is 2.35. The average molecular weight is 310 g/mol. The Morgan fingerprint density at radius 3 is 1.87 bits per heavy atom. The second-order valence-electron chi connectivity index (χ2n) is 6.35.